The van der Waals surface area contributed by atoms with Crippen LogP contribution >= 0.6 is 10.6 Å². The summed E-state index contributed by atoms with van der Waals surface area (Å²) < 4.78 is 17.6. The van der Waals surface area contributed by atoms with Gasteiger partial charge in [-0.3, -0.25) is 13.7 Å². The lowest BCUT2D eigenvalue weighted by Crippen LogP contribution is -2.24. The fraction of sp³-hybridized carbons (Fsp3) is 0.172. The predicted molar refractivity (Wildman–Crippen MR) is 153 cm³/mol. The fourth-order valence-electron chi connectivity index (χ4n) is 4.57. The summed E-state index contributed by atoms with van der Waals surface area (Å²) in [6.07, 6.45) is 11.5. The minimum Gasteiger partial charge on any atom is -0.394 e. The smallest absolute Gasteiger partial charge is 0.101 e. The largest absolute Gasteiger partial charge is 0.394 e. The van der Waals surface area contributed by atoms with Gasteiger partial charge in [0.25, 0.3) is 0 Å². The highest BCUT2D eigenvalue weighted by Gasteiger charge is 2.23. The highest BCUT2D eigenvalue weighted by atomic mass is 32.3. The number of hydrogen-bond acceptors (Lipinski definition) is 6. The standard InChI is InChI=1S/C29H31N5O2S/c1-19-7-5-9-24-28(23-8-6-10-26(30)25(23)18-31-2)33-34(29(19)24)21-13-16-27(32-17-21)20-11-14-22(15-12-20)37(4,35)36-3/h5-18,26,31,35H,30H2,1-4H3/b25-18-. The molecule has 4 N–H and O–H groups in total. The lowest BCUT2D eigenvalue weighted by Gasteiger charge is -2.32. The van der Waals surface area contributed by atoms with Crippen molar-refractivity contribution in [2.24, 2.45) is 5.73 Å². The Morgan fingerprint density at radius 1 is 1.14 bits per heavy atom. The Kier molecular flexibility index (Phi) is 6.74. The van der Waals surface area contributed by atoms with E-state index in [4.69, 9.17) is 20.0 Å². The molecular weight excluding hydrogens is 482 g/mol. The van der Waals surface area contributed by atoms with Crippen LogP contribution in [0, 0.1) is 6.92 Å². The molecule has 0 radical (unpaired) electrons. The van der Waals surface area contributed by atoms with Crippen molar-refractivity contribution in [3.05, 3.63) is 102 Å². The Balaban J connectivity index is 1.56. The highest BCUT2D eigenvalue weighted by molar-refractivity contribution is 8.24. The molecule has 0 aliphatic heterocycles. The van der Waals surface area contributed by atoms with Gasteiger partial charge in [-0.15, -0.1) is 0 Å². The monoisotopic (exact) mass is 513 g/mol. The van der Waals surface area contributed by atoms with Gasteiger partial charge in [-0.2, -0.15) is 15.7 Å². The normalized spacial score (nSPS) is 19.0. The van der Waals surface area contributed by atoms with E-state index in [0.717, 1.165) is 55.1 Å². The van der Waals surface area contributed by atoms with Gasteiger partial charge in [-0.1, -0.05) is 48.6 Å². The Morgan fingerprint density at radius 2 is 1.92 bits per heavy atom. The molecule has 190 valence electrons. The van der Waals surface area contributed by atoms with Gasteiger partial charge in [-0.25, -0.2) is 4.68 Å². The second-order valence-electron chi connectivity index (χ2n) is 9.01. The van der Waals surface area contributed by atoms with E-state index in [0.29, 0.717) is 0 Å². The molecule has 1 aliphatic rings. The second kappa shape index (κ2) is 9.99. The zero-order chi connectivity index (χ0) is 26.2. The van der Waals surface area contributed by atoms with E-state index in [9.17, 15) is 4.55 Å². The van der Waals surface area contributed by atoms with Crippen molar-refractivity contribution in [2.75, 3.05) is 20.4 Å². The number of nitrogens with one attached hydrogen (secondary N) is 1. The first kappa shape index (κ1) is 25.0. The van der Waals surface area contributed by atoms with Crippen LogP contribution in [0.1, 0.15) is 11.3 Å². The molecule has 0 saturated heterocycles. The molecule has 2 atom stereocenters. The van der Waals surface area contributed by atoms with Gasteiger partial charge >= 0.3 is 0 Å². The average Bonchev–Trinajstić information content (AvgIpc) is 3.31. The summed E-state index contributed by atoms with van der Waals surface area (Å²) in [7, 11) is 1.15. The molecule has 0 saturated carbocycles. The van der Waals surface area contributed by atoms with E-state index in [1.54, 1.807) is 6.26 Å². The molecule has 2 heterocycles. The van der Waals surface area contributed by atoms with Crippen molar-refractivity contribution in [3.63, 3.8) is 0 Å². The van der Waals surface area contributed by atoms with E-state index >= 15 is 0 Å². The molecule has 1 aliphatic carbocycles. The number of para-hydroxylation sites is 1. The molecule has 0 amide bonds. The number of rotatable bonds is 6. The number of allylic oxidation sites excluding steroid dienone is 2. The summed E-state index contributed by atoms with van der Waals surface area (Å²) in [6, 6.07) is 17.7. The summed E-state index contributed by atoms with van der Waals surface area (Å²) >= 11 is 0. The molecule has 2 aromatic carbocycles. The molecule has 7 nitrogen and oxygen atoms in total. The molecule has 0 spiro atoms. The quantitative estimate of drug-likeness (QED) is 0.310. The maximum Gasteiger partial charge on any atom is 0.101 e. The number of pyridine rings is 1. The summed E-state index contributed by atoms with van der Waals surface area (Å²) in [5.74, 6) is 0. The first-order valence-electron chi connectivity index (χ1n) is 12.0. The molecule has 5 rings (SSSR count). The minimum atomic E-state index is -2.24. The van der Waals surface area contributed by atoms with Gasteiger partial charge in [-0.05, 0) is 42.3 Å². The lowest BCUT2D eigenvalue weighted by atomic mass is 9.91. The first-order valence-corrected chi connectivity index (χ1v) is 13.9. The third kappa shape index (κ3) is 4.60. The summed E-state index contributed by atoms with van der Waals surface area (Å²) in [5, 5.41) is 9.25. The maximum atomic E-state index is 10.4. The van der Waals surface area contributed by atoms with E-state index < -0.39 is 10.6 Å². The molecule has 37 heavy (non-hydrogen) atoms. The van der Waals surface area contributed by atoms with Crippen molar-refractivity contribution >= 4 is 27.1 Å². The van der Waals surface area contributed by atoms with E-state index in [1.165, 1.54) is 7.11 Å². The lowest BCUT2D eigenvalue weighted by molar-refractivity contribution is 0.401. The van der Waals surface area contributed by atoms with Crippen LogP contribution in [0.5, 0.6) is 0 Å². The predicted octanol–water partition coefficient (Wildman–Crippen LogP) is 5.61. The van der Waals surface area contributed by atoms with Crippen molar-refractivity contribution in [3.8, 4) is 16.9 Å². The number of aromatic nitrogens is 3. The summed E-state index contributed by atoms with van der Waals surface area (Å²) in [5.41, 5.74) is 14.1. The number of nitrogens with zero attached hydrogens (tertiary/aromatic N) is 3. The fourth-order valence-corrected chi connectivity index (χ4v) is 5.41. The van der Waals surface area contributed by atoms with E-state index in [-0.39, 0.29) is 6.04 Å². The summed E-state index contributed by atoms with van der Waals surface area (Å²) in [6.45, 7) is 2.09. The van der Waals surface area contributed by atoms with Gasteiger partial charge in [0, 0.05) is 36.0 Å². The van der Waals surface area contributed by atoms with Gasteiger partial charge in [0.15, 0.2) is 0 Å². The van der Waals surface area contributed by atoms with Gasteiger partial charge < -0.3 is 11.1 Å². The molecule has 2 aromatic heterocycles. The van der Waals surface area contributed by atoms with Crippen molar-refractivity contribution in [2.45, 2.75) is 17.9 Å². The average molecular weight is 514 g/mol. The molecular formula is C29H31N5O2S. The minimum absolute atomic E-state index is 0.209. The van der Waals surface area contributed by atoms with Crippen LogP contribution < -0.4 is 11.1 Å². The Hall–Kier alpha value is -3.69. The van der Waals surface area contributed by atoms with Gasteiger partial charge in [0.1, 0.15) is 5.69 Å². The Labute approximate surface area is 218 Å². The third-order valence-electron chi connectivity index (χ3n) is 6.62. The van der Waals surface area contributed by atoms with E-state index in [1.807, 2.05) is 72.7 Å². The number of aryl methyl sites for hydroxylation is 1. The van der Waals surface area contributed by atoms with Crippen LogP contribution in [0.2, 0.25) is 0 Å². The molecule has 0 bridgehead atoms. The molecule has 4 aromatic rings. The zero-order valence-electron chi connectivity index (χ0n) is 21.3. The number of nitrogens with two attached hydrogens (primary N) is 1. The Morgan fingerprint density at radius 3 is 2.59 bits per heavy atom. The van der Waals surface area contributed by atoms with Crippen LogP contribution in [0.3, 0.4) is 0 Å². The zero-order valence-corrected chi connectivity index (χ0v) is 22.2. The number of fused-ring (bicyclic) bond motifs is 1. The van der Waals surface area contributed by atoms with Gasteiger partial charge in [0.2, 0.25) is 0 Å². The highest BCUT2D eigenvalue weighted by Crippen LogP contribution is 2.48. The SMILES string of the molecule is CN/C=C1/C(c2nn(-c3ccc(-c4ccc(S(C)(O)OC)cc4)nc3)c3c(C)cccc23)=CC=CC1N. The first-order chi connectivity index (χ1) is 17.8. The topological polar surface area (TPSA) is 98.2 Å². The second-order valence-corrected chi connectivity index (χ2v) is 11.4. The van der Waals surface area contributed by atoms with Crippen LogP contribution in [-0.4, -0.2) is 45.8 Å². The maximum absolute atomic E-state index is 10.4. The van der Waals surface area contributed by atoms with Crippen molar-refractivity contribution < 1.29 is 8.74 Å². The molecule has 8 heteroatoms. The third-order valence-corrected chi connectivity index (χ3v) is 8.41. The van der Waals surface area contributed by atoms with Crippen LogP contribution in [0.4, 0.5) is 0 Å². The van der Waals surface area contributed by atoms with Gasteiger partial charge in [0.05, 0.1) is 41.1 Å². The molecule has 0 fully saturated rings. The van der Waals surface area contributed by atoms with Crippen LogP contribution in [-0.2, 0) is 4.18 Å². The van der Waals surface area contributed by atoms with Crippen LogP contribution in [0.25, 0.3) is 33.4 Å². The summed E-state index contributed by atoms with van der Waals surface area (Å²) in [4.78, 5) is 5.50. The van der Waals surface area contributed by atoms with Crippen LogP contribution in [0.15, 0.2) is 95.7 Å². The Bertz CT molecular complexity index is 1530. The number of hydrogen-bond donors (Lipinski definition) is 3. The van der Waals surface area contributed by atoms with E-state index in [2.05, 4.69) is 36.5 Å². The van der Waals surface area contributed by atoms with Crippen molar-refractivity contribution in [1.82, 2.24) is 20.1 Å². The van der Waals surface area contributed by atoms with Crippen molar-refractivity contribution in [1.29, 1.82) is 0 Å². The number of benzene rings is 2. The molecule has 2 unspecified atom stereocenters.